The Balaban J connectivity index is 2.42. The van der Waals surface area contributed by atoms with Crippen molar-refractivity contribution in [1.82, 2.24) is 4.98 Å². The third-order valence-electron chi connectivity index (χ3n) is 2.34. The topological polar surface area (TPSA) is 26.0 Å². The number of aryl methyl sites for hydroxylation is 2. The van der Waals surface area contributed by atoms with Crippen LogP contribution < -0.4 is 0 Å². The first-order valence-electron chi connectivity index (χ1n) is 4.92. The molecule has 0 aliphatic rings. The fourth-order valence-electron chi connectivity index (χ4n) is 1.48. The molecule has 0 bridgehead atoms. The summed E-state index contributed by atoms with van der Waals surface area (Å²) in [6.45, 7) is 3.91. The van der Waals surface area contributed by atoms with E-state index in [0.29, 0.717) is 5.89 Å². The van der Waals surface area contributed by atoms with E-state index in [0.717, 1.165) is 28.3 Å². The zero-order valence-corrected chi connectivity index (χ0v) is 9.51. The van der Waals surface area contributed by atoms with Crippen LogP contribution in [0.3, 0.4) is 0 Å². The van der Waals surface area contributed by atoms with Crippen LogP contribution in [0.1, 0.15) is 18.4 Å². The number of hydrogen-bond donors (Lipinski definition) is 0. The van der Waals surface area contributed by atoms with Crippen LogP contribution in [0.2, 0.25) is 5.02 Å². The van der Waals surface area contributed by atoms with E-state index in [9.17, 15) is 0 Å². The van der Waals surface area contributed by atoms with Gasteiger partial charge in [0.05, 0.1) is 6.20 Å². The average Bonchev–Trinajstić information content (AvgIpc) is 2.65. The summed E-state index contributed by atoms with van der Waals surface area (Å²) >= 11 is 6.12. The first-order valence-corrected chi connectivity index (χ1v) is 5.29. The van der Waals surface area contributed by atoms with Crippen molar-refractivity contribution in [1.29, 1.82) is 0 Å². The van der Waals surface area contributed by atoms with Gasteiger partial charge in [-0.3, -0.25) is 0 Å². The van der Waals surface area contributed by atoms with Crippen LogP contribution in [0.4, 0.5) is 0 Å². The van der Waals surface area contributed by atoms with Gasteiger partial charge < -0.3 is 4.42 Å². The molecule has 1 aromatic carbocycles. The number of rotatable bonds is 2. The number of hydrogen-bond acceptors (Lipinski definition) is 2. The van der Waals surface area contributed by atoms with Gasteiger partial charge in [0.15, 0.2) is 11.7 Å². The Hall–Kier alpha value is -1.28. The summed E-state index contributed by atoms with van der Waals surface area (Å²) < 4.78 is 5.43. The molecule has 2 rings (SSSR count). The maximum absolute atomic E-state index is 6.12. The Labute approximate surface area is 93.9 Å². The quantitative estimate of drug-likeness (QED) is 0.770. The van der Waals surface area contributed by atoms with Crippen LogP contribution in [-0.4, -0.2) is 4.98 Å². The van der Waals surface area contributed by atoms with E-state index >= 15 is 0 Å². The number of oxazole rings is 1. The van der Waals surface area contributed by atoms with Gasteiger partial charge in [0.2, 0.25) is 0 Å². The normalized spacial score (nSPS) is 10.6. The van der Waals surface area contributed by atoms with Gasteiger partial charge in [-0.05, 0) is 18.1 Å². The largest absolute Gasteiger partial charge is 0.441 e. The predicted octanol–water partition coefficient (Wildman–Crippen LogP) is 3.87. The third kappa shape index (κ3) is 2.05. The minimum absolute atomic E-state index is 0.667. The summed E-state index contributed by atoms with van der Waals surface area (Å²) in [4.78, 5) is 4.06. The van der Waals surface area contributed by atoms with Crippen molar-refractivity contribution in [3.05, 3.63) is 40.9 Å². The van der Waals surface area contributed by atoms with E-state index in [1.807, 2.05) is 25.1 Å². The predicted molar refractivity (Wildman–Crippen MR) is 61.1 cm³/mol. The Morgan fingerprint density at radius 3 is 2.73 bits per heavy atom. The number of nitrogens with zero attached hydrogens (tertiary/aromatic N) is 1. The van der Waals surface area contributed by atoms with Crippen LogP contribution >= 0.6 is 11.6 Å². The minimum atomic E-state index is 0.667. The molecule has 3 heteroatoms. The highest BCUT2D eigenvalue weighted by Gasteiger charge is 2.06. The second kappa shape index (κ2) is 4.07. The summed E-state index contributed by atoms with van der Waals surface area (Å²) in [6.07, 6.45) is 2.65. The van der Waals surface area contributed by atoms with Crippen molar-refractivity contribution in [2.45, 2.75) is 20.3 Å². The lowest BCUT2D eigenvalue weighted by molar-refractivity contribution is 0.534. The lowest BCUT2D eigenvalue weighted by atomic mass is 10.1. The number of benzene rings is 1. The smallest absolute Gasteiger partial charge is 0.191 e. The molecule has 0 aliphatic carbocycles. The summed E-state index contributed by atoms with van der Waals surface area (Å²) in [5.74, 6) is 1.43. The first kappa shape index (κ1) is 10.2. The van der Waals surface area contributed by atoms with Crippen molar-refractivity contribution in [3.63, 3.8) is 0 Å². The van der Waals surface area contributed by atoms with Gasteiger partial charge in [0.1, 0.15) is 0 Å². The molecule has 15 heavy (non-hydrogen) atoms. The SMILES string of the molecule is CCc1ccc(-c2cnc(C)o2)cc1Cl. The van der Waals surface area contributed by atoms with Gasteiger partial charge in [0.25, 0.3) is 0 Å². The maximum Gasteiger partial charge on any atom is 0.191 e. The van der Waals surface area contributed by atoms with Gasteiger partial charge in [-0.2, -0.15) is 0 Å². The fourth-order valence-corrected chi connectivity index (χ4v) is 1.80. The summed E-state index contributed by atoms with van der Waals surface area (Å²) in [7, 11) is 0. The van der Waals surface area contributed by atoms with Crippen molar-refractivity contribution in [2.24, 2.45) is 0 Å². The molecule has 0 amide bonds. The molecule has 0 unspecified atom stereocenters. The van der Waals surface area contributed by atoms with Gasteiger partial charge in [-0.1, -0.05) is 30.7 Å². The molecule has 2 nitrogen and oxygen atoms in total. The van der Waals surface area contributed by atoms with Gasteiger partial charge in [-0.15, -0.1) is 0 Å². The molecule has 0 saturated heterocycles. The molecule has 2 aromatic rings. The lowest BCUT2D eigenvalue weighted by Crippen LogP contribution is -1.83. The van der Waals surface area contributed by atoms with E-state index in [-0.39, 0.29) is 0 Å². The number of halogens is 1. The fraction of sp³-hybridized carbons (Fsp3) is 0.250. The van der Waals surface area contributed by atoms with Crippen molar-refractivity contribution >= 4 is 11.6 Å². The van der Waals surface area contributed by atoms with Crippen molar-refractivity contribution in [3.8, 4) is 11.3 Å². The second-order valence-corrected chi connectivity index (χ2v) is 3.81. The molecule has 1 aromatic heterocycles. The van der Waals surface area contributed by atoms with E-state index in [1.165, 1.54) is 0 Å². The van der Waals surface area contributed by atoms with Crippen LogP contribution in [0, 0.1) is 6.92 Å². The molecule has 1 heterocycles. The van der Waals surface area contributed by atoms with Crippen LogP contribution in [0.5, 0.6) is 0 Å². The van der Waals surface area contributed by atoms with E-state index in [1.54, 1.807) is 6.20 Å². The standard InChI is InChI=1S/C12H12ClNO/c1-3-9-4-5-10(6-11(9)13)12-7-14-8(2)15-12/h4-7H,3H2,1-2H3. The Kier molecular flexibility index (Phi) is 2.78. The maximum atomic E-state index is 6.12. The molecule has 0 aliphatic heterocycles. The molecule has 0 saturated carbocycles. The third-order valence-corrected chi connectivity index (χ3v) is 2.69. The van der Waals surface area contributed by atoms with E-state index in [2.05, 4.69) is 11.9 Å². The Morgan fingerprint density at radius 1 is 1.40 bits per heavy atom. The van der Waals surface area contributed by atoms with Crippen LogP contribution in [0.15, 0.2) is 28.8 Å². The second-order valence-electron chi connectivity index (χ2n) is 3.40. The lowest BCUT2D eigenvalue weighted by Gasteiger charge is -2.02. The first-order chi connectivity index (χ1) is 7.20. The summed E-state index contributed by atoms with van der Waals surface area (Å²) in [5, 5.41) is 0.782. The highest BCUT2D eigenvalue weighted by molar-refractivity contribution is 6.31. The molecule has 0 N–H and O–H groups in total. The summed E-state index contributed by atoms with van der Waals surface area (Å²) in [5.41, 5.74) is 2.12. The minimum Gasteiger partial charge on any atom is -0.441 e. The Bertz CT molecular complexity index is 476. The van der Waals surface area contributed by atoms with E-state index in [4.69, 9.17) is 16.0 Å². The Morgan fingerprint density at radius 2 is 2.20 bits per heavy atom. The molecule has 0 spiro atoms. The molecular weight excluding hydrogens is 210 g/mol. The molecule has 78 valence electrons. The summed E-state index contributed by atoms with van der Waals surface area (Å²) in [6, 6.07) is 5.94. The highest BCUT2D eigenvalue weighted by atomic mass is 35.5. The molecule has 0 fully saturated rings. The van der Waals surface area contributed by atoms with Crippen molar-refractivity contribution in [2.75, 3.05) is 0 Å². The van der Waals surface area contributed by atoms with Crippen LogP contribution in [0.25, 0.3) is 11.3 Å². The average molecular weight is 222 g/mol. The zero-order chi connectivity index (χ0) is 10.8. The molecular formula is C12H12ClNO. The number of aromatic nitrogens is 1. The van der Waals surface area contributed by atoms with Crippen molar-refractivity contribution < 1.29 is 4.42 Å². The highest BCUT2D eigenvalue weighted by Crippen LogP contribution is 2.26. The molecule has 0 radical (unpaired) electrons. The van der Waals surface area contributed by atoms with Gasteiger partial charge in [0, 0.05) is 17.5 Å². The van der Waals surface area contributed by atoms with E-state index < -0.39 is 0 Å². The monoisotopic (exact) mass is 221 g/mol. The zero-order valence-electron chi connectivity index (χ0n) is 8.75. The van der Waals surface area contributed by atoms with Crippen LogP contribution in [-0.2, 0) is 6.42 Å². The van der Waals surface area contributed by atoms with Gasteiger partial charge in [-0.25, -0.2) is 4.98 Å². The van der Waals surface area contributed by atoms with Gasteiger partial charge >= 0.3 is 0 Å². The molecule has 0 atom stereocenters.